The zero-order valence-electron chi connectivity index (χ0n) is 35.8. The molecule has 3 heterocycles. The van der Waals surface area contributed by atoms with Crippen molar-refractivity contribution < 1.29 is 0 Å². The Kier molecular flexibility index (Phi) is 7.19. The molecule has 300 valence electrons. The van der Waals surface area contributed by atoms with Crippen LogP contribution in [0.1, 0.15) is 47.2 Å². The first-order valence-corrected chi connectivity index (χ1v) is 24.7. The van der Waals surface area contributed by atoms with E-state index < -0.39 is 13.5 Å². The Labute approximate surface area is 375 Å². The van der Waals surface area contributed by atoms with Crippen LogP contribution in [0.3, 0.4) is 0 Å². The summed E-state index contributed by atoms with van der Waals surface area (Å²) in [6.45, 7) is 4.82. The van der Waals surface area contributed by atoms with Gasteiger partial charge in [-0.15, -0.1) is 0 Å². The third kappa shape index (κ3) is 4.39. The molecule has 64 heavy (non-hydrogen) atoms. The van der Waals surface area contributed by atoms with Gasteiger partial charge < -0.3 is 4.90 Å². The molecule has 0 radical (unpaired) electrons. The van der Waals surface area contributed by atoms with Gasteiger partial charge in [-0.1, -0.05) is 202 Å². The van der Waals surface area contributed by atoms with Crippen molar-refractivity contribution in [3.63, 3.8) is 0 Å². The van der Waals surface area contributed by atoms with Crippen LogP contribution in [0, 0.1) is 0 Å². The first kappa shape index (κ1) is 36.0. The molecule has 0 unspecified atom stereocenters. The minimum absolute atomic E-state index is 0.192. The van der Waals surface area contributed by atoms with E-state index in [2.05, 4.69) is 243 Å². The zero-order chi connectivity index (χ0) is 42.4. The molecule has 2 heteroatoms. The second-order valence-electron chi connectivity index (χ2n) is 18.7. The lowest BCUT2D eigenvalue weighted by molar-refractivity contribution is 0.556. The maximum Gasteiger partial charge on any atom is 0.182 e. The molecule has 0 saturated heterocycles. The van der Waals surface area contributed by atoms with Crippen LogP contribution in [0.4, 0.5) is 17.1 Å². The van der Waals surface area contributed by atoms with Crippen molar-refractivity contribution in [2.24, 2.45) is 0 Å². The summed E-state index contributed by atoms with van der Waals surface area (Å²) in [4.78, 5) is 2.60. The van der Waals surface area contributed by atoms with Gasteiger partial charge in [-0.3, -0.25) is 0 Å². The molecule has 0 atom stereocenters. The van der Waals surface area contributed by atoms with Gasteiger partial charge in [-0.25, -0.2) is 0 Å². The Hall–Kier alpha value is -7.52. The molecule has 0 bridgehead atoms. The molecule has 0 amide bonds. The van der Waals surface area contributed by atoms with Gasteiger partial charge in [0.25, 0.3) is 0 Å². The van der Waals surface area contributed by atoms with Crippen LogP contribution >= 0.6 is 0 Å². The van der Waals surface area contributed by atoms with E-state index in [1.165, 1.54) is 115 Å². The van der Waals surface area contributed by atoms with Crippen molar-refractivity contribution in [2.75, 3.05) is 4.90 Å². The van der Waals surface area contributed by atoms with Crippen LogP contribution in [0.2, 0.25) is 0 Å². The topological polar surface area (TPSA) is 3.24 Å². The molecule has 14 rings (SSSR count). The summed E-state index contributed by atoms with van der Waals surface area (Å²) in [6.07, 6.45) is 0. The van der Waals surface area contributed by atoms with Crippen molar-refractivity contribution in [2.45, 2.75) is 24.7 Å². The van der Waals surface area contributed by atoms with E-state index in [0.29, 0.717) is 0 Å². The zero-order valence-corrected chi connectivity index (χ0v) is 36.8. The van der Waals surface area contributed by atoms with Crippen LogP contribution in [-0.4, -0.2) is 8.07 Å². The number of benzene rings is 10. The quantitative estimate of drug-likeness (QED) is 0.157. The van der Waals surface area contributed by atoms with Crippen LogP contribution in [0.25, 0.3) is 44.2 Å². The van der Waals surface area contributed by atoms with E-state index in [4.69, 9.17) is 0 Å². The minimum Gasteiger partial charge on any atom is -0.310 e. The molecule has 10 aromatic rings. The summed E-state index contributed by atoms with van der Waals surface area (Å²) in [5, 5.41) is 8.47. The van der Waals surface area contributed by atoms with Gasteiger partial charge >= 0.3 is 0 Å². The minimum atomic E-state index is -2.68. The summed E-state index contributed by atoms with van der Waals surface area (Å²) in [6, 6.07) is 86.1. The molecule has 1 aliphatic carbocycles. The largest absolute Gasteiger partial charge is 0.310 e. The van der Waals surface area contributed by atoms with Gasteiger partial charge in [0.15, 0.2) is 8.07 Å². The van der Waals surface area contributed by atoms with Gasteiger partial charge in [-0.2, -0.15) is 0 Å². The average molecular weight is 830 g/mol. The van der Waals surface area contributed by atoms with Crippen LogP contribution in [0.5, 0.6) is 0 Å². The predicted octanol–water partition coefficient (Wildman–Crippen LogP) is 12.7. The van der Waals surface area contributed by atoms with E-state index in [1.807, 2.05) is 0 Å². The van der Waals surface area contributed by atoms with E-state index in [9.17, 15) is 0 Å². The number of hydrogen-bond donors (Lipinski definition) is 0. The molecular formula is C62H43NSi. The molecule has 2 spiro atoms. The van der Waals surface area contributed by atoms with Gasteiger partial charge in [0.1, 0.15) is 0 Å². The number of para-hydroxylation sites is 1. The second kappa shape index (κ2) is 12.8. The van der Waals surface area contributed by atoms with Crippen molar-refractivity contribution in [3.8, 4) is 33.4 Å². The van der Waals surface area contributed by atoms with Gasteiger partial charge in [-0.05, 0) is 135 Å². The standard InChI is InChI=1S/C62H43NSi/c1-61(2)49-22-8-10-24-51(49)62(52-25-11-9-23-50(52)61)53-26-12-13-27-55(53)63(56-36-33-43(38-54(56)62)42-32-31-40-17-3-4-18-41(40)37-42)44-34-35-48-47-21-7-16-30-59(47)64(60(48)39-44)57-28-14-5-19-45(57)46-20-6-15-29-58(46)64/h3-39H,1-2H3. The number of fused-ring (bicyclic) bond motifs is 19. The van der Waals surface area contributed by atoms with E-state index in [0.717, 1.165) is 0 Å². The van der Waals surface area contributed by atoms with Crippen molar-refractivity contribution in [3.05, 3.63) is 258 Å². The van der Waals surface area contributed by atoms with Crippen LogP contribution in [-0.2, 0) is 10.8 Å². The second-order valence-corrected chi connectivity index (χ2v) is 22.4. The number of nitrogens with zero attached hydrogens (tertiary/aromatic N) is 1. The fraction of sp³-hybridized carbons (Fsp3) is 0.0645. The molecule has 0 saturated carbocycles. The molecule has 10 aromatic carbocycles. The first-order chi connectivity index (χ1) is 31.5. The molecular weight excluding hydrogens is 787 g/mol. The summed E-state index contributed by atoms with van der Waals surface area (Å²) in [7, 11) is -2.68. The van der Waals surface area contributed by atoms with Crippen molar-refractivity contribution in [1.82, 2.24) is 0 Å². The normalized spacial score (nSPS) is 15.7. The summed E-state index contributed by atoms with van der Waals surface area (Å²) in [5.74, 6) is 0. The smallest absolute Gasteiger partial charge is 0.182 e. The fourth-order valence-corrected chi connectivity index (χ4v) is 18.6. The Morgan fingerprint density at radius 3 is 1.44 bits per heavy atom. The number of anilines is 3. The lowest BCUT2D eigenvalue weighted by Crippen LogP contribution is -2.70. The van der Waals surface area contributed by atoms with E-state index in [-0.39, 0.29) is 5.41 Å². The third-order valence-electron chi connectivity index (χ3n) is 15.5. The maximum absolute atomic E-state index is 2.68. The fourth-order valence-electron chi connectivity index (χ4n) is 12.9. The molecule has 0 aromatic heterocycles. The van der Waals surface area contributed by atoms with Crippen LogP contribution in [0.15, 0.2) is 224 Å². The highest BCUT2D eigenvalue weighted by Gasteiger charge is 2.56. The Morgan fingerprint density at radius 2 is 0.797 bits per heavy atom. The van der Waals surface area contributed by atoms with Gasteiger partial charge in [0.2, 0.25) is 0 Å². The monoisotopic (exact) mass is 829 g/mol. The lowest BCUT2D eigenvalue weighted by atomic mass is 9.53. The highest BCUT2D eigenvalue weighted by atomic mass is 28.3. The van der Waals surface area contributed by atoms with Gasteiger partial charge in [0.05, 0.1) is 16.8 Å². The summed E-state index contributed by atoms with van der Waals surface area (Å²) >= 11 is 0. The third-order valence-corrected chi connectivity index (χ3v) is 20.5. The molecule has 0 fully saturated rings. The molecule has 0 N–H and O–H groups in total. The SMILES string of the molecule is CC1(C)c2ccccc2C2(c3ccccc3N(c3ccc4c(c3)[Si]3(c5ccccc5-c5ccccc53)c3ccccc3-4)c3ccc(-c4ccc5ccccc5c4)cc32)c2ccccc21. The van der Waals surface area contributed by atoms with Crippen LogP contribution < -0.4 is 25.6 Å². The Bertz CT molecular complexity index is 3520. The highest BCUT2D eigenvalue weighted by molar-refractivity contribution is 7.24. The maximum atomic E-state index is 2.60. The summed E-state index contributed by atoms with van der Waals surface area (Å²) < 4.78 is 0. The predicted molar refractivity (Wildman–Crippen MR) is 270 cm³/mol. The average Bonchev–Trinajstić information content (AvgIpc) is 3.82. The number of rotatable bonds is 2. The lowest BCUT2D eigenvalue weighted by Gasteiger charge is -2.52. The first-order valence-electron chi connectivity index (χ1n) is 22.7. The van der Waals surface area contributed by atoms with Crippen molar-refractivity contribution in [1.29, 1.82) is 0 Å². The van der Waals surface area contributed by atoms with E-state index >= 15 is 0 Å². The Morgan fingerprint density at radius 1 is 0.328 bits per heavy atom. The molecule has 3 aliphatic heterocycles. The molecule has 1 nitrogen and oxygen atoms in total. The van der Waals surface area contributed by atoms with Gasteiger partial charge in [0, 0.05) is 11.1 Å². The molecule has 4 aliphatic rings. The Balaban J connectivity index is 1.08. The van der Waals surface area contributed by atoms with Crippen molar-refractivity contribution >= 4 is 56.7 Å². The summed E-state index contributed by atoms with van der Waals surface area (Å²) in [5.41, 5.74) is 18.9. The number of hydrogen-bond acceptors (Lipinski definition) is 1. The van der Waals surface area contributed by atoms with E-state index in [1.54, 1.807) is 0 Å². The highest BCUT2D eigenvalue weighted by Crippen LogP contribution is 2.63.